The molecule has 7 nitrogen and oxygen atoms in total. The SMILES string of the molecule is CC(S)Oc1ccc(/C(O)=C(\C#N)C(=O)C(C)(C)C)c([N+](=O)[O-])c1. The Kier molecular flexibility index (Phi) is 5.99. The van der Waals surface area contributed by atoms with Crippen LogP contribution in [-0.4, -0.2) is 21.2 Å². The maximum atomic E-state index is 12.3. The van der Waals surface area contributed by atoms with Crippen LogP contribution in [0.4, 0.5) is 5.69 Å². The molecule has 128 valence electrons. The zero-order valence-electron chi connectivity index (χ0n) is 13.7. The van der Waals surface area contributed by atoms with Crippen LogP contribution in [0.25, 0.3) is 5.76 Å². The van der Waals surface area contributed by atoms with Crippen LogP contribution in [-0.2, 0) is 4.79 Å². The number of allylic oxidation sites excluding steroid dienone is 1. The van der Waals surface area contributed by atoms with E-state index in [1.54, 1.807) is 33.8 Å². The number of nitrogens with zero attached hydrogens (tertiary/aromatic N) is 2. The highest BCUT2D eigenvalue weighted by molar-refractivity contribution is 7.80. The van der Waals surface area contributed by atoms with Crippen LogP contribution in [0.3, 0.4) is 0 Å². The summed E-state index contributed by atoms with van der Waals surface area (Å²) >= 11 is 4.03. The molecule has 0 saturated carbocycles. The van der Waals surface area contributed by atoms with Crippen LogP contribution in [0, 0.1) is 26.9 Å². The van der Waals surface area contributed by atoms with Crippen LogP contribution < -0.4 is 4.74 Å². The minimum absolute atomic E-state index is 0.182. The van der Waals surface area contributed by atoms with E-state index in [1.165, 1.54) is 12.1 Å². The fourth-order valence-electron chi connectivity index (χ4n) is 1.85. The first-order valence-corrected chi connectivity index (χ1v) is 7.52. The summed E-state index contributed by atoms with van der Waals surface area (Å²) in [6.07, 6.45) is 0. The number of aliphatic hydroxyl groups excluding tert-OH is 1. The van der Waals surface area contributed by atoms with E-state index in [-0.39, 0.29) is 11.3 Å². The lowest BCUT2D eigenvalue weighted by Crippen LogP contribution is -2.22. The molecular formula is C16H18N2O5S. The third-order valence-electron chi connectivity index (χ3n) is 2.98. The average Bonchev–Trinajstić information content (AvgIpc) is 2.45. The van der Waals surface area contributed by atoms with Gasteiger partial charge >= 0.3 is 0 Å². The fraction of sp³-hybridized carbons (Fsp3) is 0.375. The molecule has 0 fully saturated rings. The number of nitro benzene ring substituents is 1. The fourth-order valence-corrected chi connectivity index (χ4v) is 1.98. The van der Waals surface area contributed by atoms with E-state index in [2.05, 4.69) is 12.6 Å². The molecule has 0 bridgehead atoms. The van der Waals surface area contributed by atoms with Gasteiger partial charge in [-0.25, -0.2) is 0 Å². The van der Waals surface area contributed by atoms with Gasteiger partial charge < -0.3 is 9.84 Å². The van der Waals surface area contributed by atoms with Crippen molar-refractivity contribution in [2.75, 3.05) is 0 Å². The molecule has 1 rings (SSSR count). The molecule has 0 aromatic heterocycles. The van der Waals surface area contributed by atoms with Gasteiger partial charge in [-0.3, -0.25) is 14.9 Å². The first-order valence-electron chi connectivity index (χ1n) is 7.00. The molecule has 0 aliphatic rings. The number of carbonyl (C=O) groups is 1. The van der Waals surface area contributed by atoms with Crippen molar-refractivity contribution < 1.29 is 19.6 Å². The third-order valence-corrected chi connectivity index (χ3v) is 3.09. The predicted molar refractivity (Wildman–Crippen MR) is 91.8 cm³/mol. The molecule has 0 aliphatic heterocycles. The van der Waals surface area contributed by atoms with Gasteiger partial charge in [-0.1, -0.05) is 20.8 Å². The Balaban J connectivity index is 3.54. The molecule has 0 radical (unpaired) electrons. The van der Waals surface area contributed by atoms with Gasteiger partial charge in [-0.2, -0.15) is 5.26 Å². The van der Waals surface area contributed by atoms with E-state index < -0.39 is 38.6 Å². The summed E-state index contributed by atoms with van der Waals surface area (Å²) in [7, 11) is 0. The van der Waals surface area contributed by atoms with E-state index in [9.17, 15) is 25.3 Å². The minimum Gasteiger partial charge on any atom is -0.506 e. The van der Waals surface area contributed by atoms with Crippen LogP contribution in [0.15, 0.2) is 23.8 Å². The van der Waals surface area contributed by atoms with E-state index in [0.717, 1.165) is 6.07 Å². The monoisotopic (exact) mass is 350 g/mol. The highest BCUT2D eigenvalue weighted by atomic mass is 32.1. The molecule has 0 saturated heterocycles. The molecule has 1 aromatic carbocycles. The lowest BCUT2D eigenvalue weighted by Gasteiger charge is -2.16. The van der Waals surface area contributed by atoms with Crippen LogP contribution >= 0.6 is 12.6 Å². The van der Waals surface area contributed by atoms with E-state index in [4.69, 9.17) is 4.74 Å². The van der Waals surface area contributed by atoms with Crippen molar-refractivity contribution in [1.29, 1.82) is 5.26 Å². The Morgan fingerprint density at radius 2 is 2.04 bits per heavy atom. The summed E-state index contributed by atoms with van der Waals surface area (Å²) in [6.45, 7) is 6.38. The van der Waals surface area contributed by atoms with Crippen molar-refractivity contribution in [3.05, 3.63) is 39.4 Å². The third kappa shape index (κ3) is 4.49. The number of hydrogen-bond acceptors (Lipinski definition) is 7. The number of benzene rings is 1. The van der Waals surface area contributed by atoms with Gasteiger partial charge in [0.1, 0.15) is 22.8 Å². The first kappa shape index (κ1) is 19.5. The maximum Gasteiger partial charge on any atom is 0.284 e. The first-order chi connectivity index (χ1) is 11.0. The van der Waals surface area contributed by atoms with Crippen molar-refractivity contribution >= 4 is 29.9 Å². The van der Waals surface area contributed by atoms with Gasteiger partial charge in [0.15, 0.2) is 11.5 Å². The van der Waals surface area contributed by atoms with Gasteiger partial charge in [0.2, 0.25) is 0 Å². The van der Waals surface area contributed by atoms with Crippen molar-refractivity contribution in [1.82, 2.24) is 0 Å². The Labute approximate surface area is 145 Å². The lowest BCUT2D eigenvalue weighted by molar-refractivity contribution is -0.385. The summed E-state index contributed by atoms with van der Waals surface area (Å²) < 4.78 is 5.26. The van der Waals surface area contributed by atoms with Crippen LogP contribution in [0.2, 0.25) is 0 Å². The zero-order chi connectivity index (χ0) is 18.7. The number of nitro groups is 1. The molecule has 0 spiro atoms. The number of rotatable bonds is 5. The zero-order valence-corrected chi connectivity index (χ0v) is 14.6. The van der Waals surface area contributed by atoms with Crippen LogP contribution in [0.1, 0.15) is 33.3 Å². The molecule has 1 unspecified atom stereocenters. The minimum atomic E-state index is -0.918. The molecule has 0 heterocycles. The molecule has 1 atom stereocenters. The number of aliphatic hydroxyl groups is 1. The maximum absolute atomic E-state index is 12.3. The van der Waals surface area contributed by atoms with Crippen molar-refractivity contribution in [2.45, 2.75) is 33.1 Å². The molecule has 8 heteroatoms. The number of Topliss-reactive ketones (excluding diaryl/α,β-unsaturated/α-hetero) is 1. The Hall–Kier alpha value is -2.53. The average molecular weight is 350 g/mol. The Morgan fingerprint density at radius 3 is 2.46 bits per heavy atom. The summed E-state index contributed by atoms with van der Waals surface area (Å²) in [5, 5.41) is 30.8. The standard InChI is InChI=1S/C16H18N2O5S/c1-9(24)23-10-5-6-11(13(7-10)18(21)22)14(19)12(8-17)15(20)16(2,3)4/h5-7,9,19,24H,1-4H3/b14-12-. The van der Waals surface area contributed by atoms with E-state index in [1.807, 2.05) is 0 Å². The highest BCUT2D eigenvalue weighted by Gasteiger charge is 2.30. The number of thiol groups is 1. The molecular weight excluding hydrogens is 332 g/mol. The van der Waals surface area contributed by atoms with Crippen LogP contribution in [0.5, 0.6) is 5.75 Å². The highest BCUT2D eigenvalue weighted by Crippen LogP contribution is 2.33. The van der Waals surface area contributed by atoms with Crippen molar-refractivity contribution in [3.63, 3.8) is 0 Å². The van der Waals surface area contributed by atoms with Gasteiger partial charge in [0, 0.05) is 5.41 Å². The summed E-state index contributed by atoms with van der Waals surface area (Å²) in [4.78, 5) is 22.8. The van der Waals surface area contributed by atoms with Gasteiger partial charge in [0.25, 0.3) is 5.69 Å². The quantitative estimate of drug-likeness (QED) is 0.159. The normalized spacial score (nSPS) is 13.5. The number of ether oxygens (including phenoxy) is 1. The smallest absolute Gasteiger partial charge is 0.284 e. The summed E-state index contributed by atoms with van der Waals surface area (Å²) in [6, 6.07) is 5.36. The number of nitriles is 1. The Bertz CT molecular complexity index is 742. The second kappa shape index (κ2) is 7.36. The van der Waals surface area contributed by atoms with E-state index in [0.29, 0.717) is 0 Å². The number of hydrogen-bond donors (Lipinski definition) is 2. The molecule has 1 aromatic rings. The van der Waals surface area contributed by atoms with E-state index >= 15 is 0 Å². The van der Waals surface area contributed by atoms with Crippen molar-refractivity contribution in [3.8, 4) is 11.8 Å². The largest absolute Gasteiger partial charge is 0.506 e. The summed E-state index contributed by atoms with van der Waals surface area (Å²) in [5.74, 6) is -1.16. The molecule has 24 heavy (non-hydrogen) atoms. The molecule has 0 amide bonds. The summed E-state index contributed by atoms with van der Waals surface area (Å²) in [5.41, 5.74) is -2.64. The predicted octanol–water partition coefficient (Wildman–Crippen LogP) is 3.66. The van der Waals surface area contributed by atoms with Gasteiger partial charge in [0.05, 0.1) is 16.6 Å². The lowest BCUT2D eigenvalue weighted by atomic mass is 9.85. The molecule has 1 N–H and O–H groups in total. The van der Waals surface area contributed by atoms with Gasteiger partial charge in [-0.05, 0) is 19.1 Å². The second-order valence-corrected chi connectivity index (χ2v) is 6.79. The topological polar surface area (TPSA) is 113 Å². The Morgan fingerprint density at radius 1 is 1.46 bits per heavy atom. The van der Waals surface area contributed by atoms with Crippen molar-refractivity contribution in [2.24, 2.45) is 5.41 Å². The second-order valence-electron chi connectivity index (χ2n) is 6.07. The van der Waals surface area contributed by atoms with Gasteiger partial charge in [-0.15, -0.1) is 12.6 Å². The number of carbonyl (C=O) groups excluding carboxylic acids is 1. The molecule has 0 aliphatic carbocycles. The number of ketones is 1.